The van der Waals surface area contributed by atoms with Crippen molar-refractivity contribution in [3.63, 3.8) is 0 Å². The Balaban J connectivity index is 1.67. The molecule has 0 bridgehead atoms. The van der Waals surface area contributed by atoms with Crippen LogP contribution in [0.5, 0.6) is 5.75 Å². The first-order valence-corrected chi connectivity index (χ1v) is 7.06. The number of anilines is 1. The molecule has 1 atom stereocenters. The van der Waals surface area contributed by atoms with E-state index in [9.17, 15) is 0 Å². The Labute approximate surface area is 114 Å². The fourth-order valence-corrected chi connectivity index (χ4v) is 3.03. The van der Waals surface area contributed by atoms with Crippen LogP contribution in [-0.2, 0) is 11.3 Å². The van der Waals surface area contributed by atoms with Crippen LogP contribution in [-0.4, -0.2) is 44.9 Å². The number of ether oxygens (including phenoxy) is 2. The molecule has 1 N–H and O–H groups in total. The summed E-state index contributed by atoms with van der Waals surface area (Å²) in [5, 5.41) is 3.39. The summed E-state index contributed by atoms with van der Waals surface area (Å²) >= 11 is 0. The predicted molar refractivity (Wildman–Crippen MR) is 75.7 cm³/mol. The highest BCUT2D eigenvalue weighted by molar-refractivity contribution is 5.61. The van der Waals surface area contributed by atoms with Gasteiger partial charge in [-0.3, -0.25) is 4.90 Å². The molecule has 0 amide bonds. The smallest absolute Gasteiger partial charge is 0.146 e. The first-order chi connectivity index (χ1) is 9.36. The van der Waals surface area contributed by atoms with E-state index in [1.807, 2.05) is 0 Å². The van der Waals surface area contributed by atoms with Gasteiger partial charge in [-0.1, -0.05) is 12.1 Å². The number of methoxy groups -OCH3 is 1. The molecule has 104 valence electrons. The minimum atomic E-state index is 0.684. The maximum atomic E-state index is 5.83. The molecule has 1 fully saturated rings. The van der Waals surface area contributed by atoms with Gasteiger partial charge in [0.15, 0.2) is 0 Å². The zero-order chi connectivity index (χ0) is 13.1. The molecule has 0 aromatic heterocycles. The van der Waals surface area contributed by atoms with Gasteiger partial charge in [-0.25, -0.2) is 0 Å². The number of hydrogen-bond donors (Lipinski definition) is 1. The summed E-state index contributed by atoms with van der Waals surface area (Å²) in [5.41, 5.74) is 2.43. The topological polar surface area (TPSA) is 33.7 Å². The second-order valence-corrected chi connectivity index (χ2v) is 5.41. The van der Waals surface area contributed by atoms with Gasteiger partial charge in [-0.05, 0) is 24.9 Å². The molecular weight excluding hydrogens is 240 g/mol. The highest BCUT2D eigenvalue weighted by atomic mass is 16.5. The minimum Gasteiger partial charge on any atom is -0.489 e. The Kier molecular flexibility index (Phi) is 3.89. The molecule has 0 spiro atoms. The van der Waals surface area contributed by atoms with Gasteiger partial charge in [0.05, 0.1) is 12.3 Å². The summed E-state index contributed by atoms with van der Waals surface area (Å²) in [6.45, 7) is 5.80. The molecule has 4 nitrogen and oxygen atoms in total. The average molecular weight is 262 g/mol. The van der Waals surface area contributed by atoms with Crippen LogP contribution in [0.4, 0.5) is 5.69 Å². The van der Waals surface area contributed by atoms with Crippen molar-refractivity contribution in [2.75, 3.05) is 45.3 Å². The van der Waals surface area contributed by atoms with Gasteiger partial charge in [0.1, 0.15) is 12.4 Å². The lowest BCUT2D eigenvalue weighted by molar-refractivity contribution is 0.152. The Hall–Kier alpha value is -1.26. The van der Waals surface area contributed by atoms with E-state index in [2.05, 4.69) is 28.4 Å². The second-order valence-electron chi connectivity index (χ2n) is 5.41. The number of rotatable bonds is 4. The van der Waals surface area contributed by atoms with E-state index < -0.39 is 0 Å². The molecular formula is C15H22N2O2. The molecule has 1 aromatic rings. The lowest BCUT2D eigenvalue weighted by Gasteiger charge is -2.24. The Bertz CT molecular complexity index is 436. The summed E-state index contributed by atoms with van der Waals surface area (Å²) in [5.74, 6) is 1.73. The van der Waals surface area contributed by atoms with Crippen LogP contribution in [0, 0.1) is 5.92 Å². The number of para-hydroxylation sites is 1. The number of nitrogens with zero attached hydrogens (tertiary/aromatic N) is 1. The number of hydrogen-bond acceptors (Lipinski definition) is 4. The predicted octanol–water partition coefficient (Wildman–Crippen LogP) is 1.96. The zero-order valence-corrected chi connectivity index (χ0v) is 11.5. The van der Waals surface area contributed by atoms with Crippen molar-refractivity contribution in [3.8, 4) is 5.75 Å². The number of nitrogens with one attached hydrogen (secondary N) is 1. The van der Waals surface area contributed by atoms with E-state index in [0.717, 1.165) is 50.8 Å². The van der Waals surface area contributed by atoms with Crippen LogP contribution in [0.1, 0.15) is 12.0 Å². The maximum Gasteiger partial charge on any atom is 0.146 e. The van der Waals surface area contributed by atoms with E-state index in [0.29, 0.717) is 5.92 Å². The van der Waals surface area contributed by atoms with Crippen molar-refractivity contribution >= 4 is 5.69 Å². The molecule has 0 saturated carbocycles. The van der Waals surface area contributed by atoms with E-state index in [4.69, 9.17) is 9.47 Å². The minimum absolute atomic E-state index is 0.684. The lowest BCUT2D eigenvalue weighted by atomic mass is 10.1. The van der Waals surface area contributed by atoms with E-state index in [1.165, 1.54) is 12.0 Å². The van der Waals surface area contributed by atoms with Gasteiger partial charge < -0.3 is 14.8 Å². The quantitative estimate of drug-likeness (QED) is 0.899. The SMILES string of the molecule is COCC1CCN(Cc2cccc3c2OCCN3)C1. The molecule has 1 aromatic carbocycles. The Morgan fingerprint density at radius 2 is 2.42 bits per heavy atom. The van der Waals surface area contributed by atoms with Gasteiger partial charge in [0, 0.05) is 32.3 Å². The highest BCUT2D eigenvalue weighted by Gasteiger charge is 2.24. The van der Waals surface area contributed by atoms with Crippen molar-refractivity contribution in [2.45, 2.75) is 13.0 Å². The molecule has 1 saturated heterocycles. The fourth-order valence-electron chi connectivity index (χ4n) is 3.03. The van der Waals surface area contributed by atoms with E-state index in [1.54, 1.807) is 7.11 Å². The summed E-state index contributed by atoms with van der Waals surface area (Å²) < 4.78 is 11.1. The van der Waals surface area contributed by atoms with Crippen LogP contribution < -0.4 is 10.1 Å². The van der Waals surface area contributed by atoms with Gasteiger partial charge in [0.2, 0.25) is 0 Å². The van der Waals surface area contributed by atoms with Crippen LogP contribution in [0.2, 0.25) is 0 Å². The van der Waals surface area contributed by atoms with Crippen molar-refractivity contribution < 1.29 is 9.47 Å². The second kappa shape index (κ2) is 5.80. The van der Waals surface area contributed by atoms with Crippen LogP contribution in [0.15, 0.2) is 18.2 Å². The molecule has 2 aliphatic rings. The van der Waals surface area contributed by atoms with Crippen LogP contribution in [0.25, 0.3) is 0 Å². The third-order valence-corrected chi connectivity index (χ3v) is 3.93. The molecule has 3 rings (SSSR count). The number of fused-ring (bicyclic) bond motifs is 1. The normalized spacial score (nSPS) is 22.7. The van der Waals surface area contributed by atoms with Crippen molar-refractivity contribution in [2.24, 2.45) is 5.92 Å². The summed E-state index contributed by atoms with van der Waals surface area (Å²) in [7, 11) is 1.79. The van der Waals surface area contributed by atoms with Gasteiger partial charge in [-0.15, -0.1) is 0 Å². The monoisotopic (exact) mass is 262 g/mol. The first-order valence-electron chi connectivity index (χ1n) is 7.06. The Morgan fingerprint density at radius 3 is 3.32 bits per heavy atom. The molecule has 0 aliphatic carbocycles. The summed E-state index contributed by atoms with van der Waals surface area (Å²) in [6.07, 6.45) is 1.24. The number of benzene rings is 1. The van der Waals surface area contributed by atoms with Crippen molar-refractivity contribution in [1.82, 2.24) is 4.90 Å². The maximum absolute atomic E-state index is 5.83. The van der Waals surface area contributed by atoms with Crippen molar-refractivity contribution in [3.05, 3.63) is 23.8 Å². The molecule has 0 radical (unpaired) electrons. The fraction of sp³-hybridized carbons (Fsp3) is 0.600. The van der Waals surface area contributed by atoms with E-state index in [-0.39, 0.29) is 0 Å². The van der Waals surface area contributed by atoms with Gasteiger partial charge >= 0.3 is 0 Å². The standard InChI is InChI=1S/C15H22N2O2/c1-18-11-12-5-7-17(9-12)10-13-3-2-4-14-15(13)19-8-6-16-14/h2-4,12,16H,5-11H2,1H3. The third kappa shape index (κ3) is 2.85. The molecule has 4 heteroatoms. The average Bonchev–Trinajstić information content (AvgIpc) is 2.87. The first kappa shape index (κ1) is 12.8. The summed E-state index contributed by atoms with van der Waals surface area (Å²) in [6, 6.07) is 6.38. The molecule has 19 heavy (non-hydrogen) atoms. The zero-order valence-electron chi connectivity index (χ0n) is 11.5. The highest BCUT2D eigenvalue weighted by Crippen LogP contribution is 2.32. The molecule has 2 heterocycles. The largest absolute Gasteiger partial charge is 0.489 e. The Morgan fingerprint density at radius 1 is 1.47 bits per heavy atom. The van der Waals surface area contributed by atoms with Gasteiger partial charge in [0.25, 0.3) is 0 Å². The van der Waals surface area contributed by atoms with Crippen LogP contribution in [0.3, 0.4) is 0 Å². The van der Waals surface area contributed by atoms with E-state index >= 15 is 0 Å². The van der Waals surface area contributed by atoms with Crippen molar-refractivity contribution in [1.29, 1.82) is 0 Å². The van der Waals surface area contributed by atoms with Crippen LogP contribution >= 0.6 is 0 Å². The molecule has 1 unspecified atom stereocenters. The molecule has 2 aliphatic heterocycles. The lowest BCUT2D eigenvalue weighted by Crippen LogP contribution is -2.24. The third-order valence-electron chi connectivity index (χ3n) is 3.93. The summed E-state index contributed by atoms with van der Waals surface area (Å²) in [4.78, 5) is 2.50. The number of likely N-dealkylation sites (tertiary alicyclic amines) is 1. The van der Waals surface area contributed by atoms with Gasteiger partial charge in [-0.2, -0.15) is 0 Å².